The third-order valence-corrected chi connectivity index (χ3v) is 4.48. The van der Waals surface area contributed by atoms with Crippen molar-refractivity contribution in [2.45, 2.75) is 6.54 Å². The Bertz CT molecular complexity index is 1390. The summed E-state index contributed by atoms with van der Waals surface area (Å²) in [4.78, 5) is 39.2. The Kier molecular flexibility index (Phi) is 5.23. The van der Waals surface area contributed by atoms with E-state index in [1.807, 2.05) is 18.2 Å². The Labute approximate surface area is 174 Å². The minimum atomic E-state index is -1.33. The largest absolute Gasteiger partial charge is 0.497 e. The summed E-state index contributed by atoms with van der Waals surface area (Å²) in [5.74, 6) is -0.476. The van der Waals surface area contributed by atoms with Gasteiger partial charge in [-0.15, -0.1) is 0 Å². The van der Waals surface area contributed by atoms with Crippen LogP contribution in [-0.4, -0.2) is 27.7 Å². The lowest BCUT2D eigenvalue weighted by Gasteiger charge is -2.08. The number of hydrogen-bond donors (Lipinski definition) is 1. The average molecular weight is 420 g/mol. The Balaban J connectivity index is 1.63. The van der Waals surface area contributed by atoms with Crippen LogP contribution >= 0.6 is 0 Å². The zero-order valence-corrected chi connectivity index (χ0v) is 16.3. The third kappa shape index (κ3) is 4.15. The van der Waals surface area contributed by atoms with Gasteiger partial charge in [-0.3, -0.25) is 9.59 Å². The van der Waals surface area contributed by atoms with Crippen molar-refractivity contribution in [3.63, 3.8) is 0 Å². The summed E-state index contributed by atoms with van der Waals surface area (Å²) in [5.41, 5.74) is 0.402. The van der Waals surface area contributed by atoms with E-state index in [2.05, 4.69) is 4.98 Å². The van der Waals surface area contributed by atoms with Gasteiger partial charge in [-0.25, -0.2) is 14.3 Å². The van der Waals surface area contributed by atoms with Gasteiger partial charge in [0.1, 0.15) is 23.8 Å². The summed E-state index contributed by atoms with van der Waals surface area (Å²) in [7, 11) is 1.58. The molecular weight excluding hydrogens is 404 g/mol. The highest BCUT2D eigenvalue weighted by atomic mass is 16.5. The second-order valence-corrected chi connectivity index (χ2v) is 6.53. The number of nitrogens with zero attached hydrogens (tertiary/aromatic N) is 2. The van der Waals surface area contributed by atoms with Crippen molar-refractivity contribution >= 4 is 17.1 Å². The normalized spacial score (nSPS) is 10.7. The van der Waals surface area contributed by atoms with Gasteiger partial charge in [0, 0.05) is 17.8 Å². The zero-order valence-electron chi connectivity index (χ0n) is 16.3. The van der Waals surface area contributed by atoms with Crippen LogP contribution in [0, 0.1) is 0 Å². The Morgan fingerprint density at radius 3 is 2.48 bits per heavy atom. The van der Waals surface area contributed by atoms with E-state index < -0.39 is 23.8 Å². The molecule has 31 heavy (non-hydrogen) atoms. The molecule has 0 radical (unpaired) electrons. The fourth-order valence-corrected chi connectivity index (χ4v) is 2.99. The zero-order chi connectivity index (χ0) is 22.0. The van der Waals surface area contributed by atoms with Crippen molar-refractivity contribution < 1.29 is 23.8 Å². The molecule has 0 fully saturated rings. The van der Waals surface area contributed by atoms with Crippen molar-refractivity contribution in [2.75, 3.05) is 7.11 Å². The molecule has 2 aromatic carbocycles. The summed E-state index contributed by atoms with van der Waals surface area (Å²) >= 11 is 0. The Morgan fingerprint density at radius 1 is 1.03 bits per heavy atom. The summed E-state index contributed by atoms with van der Waals surface area (Å²) in [6.45, 7) is -0.796. The van der Waals surface area contributed by atoms with E-state index in [0.717, 1.165) is 5.56 Å². The van der Waals surface area contributed by atoms with Gasteiger partial charge in [-0.1, -0.05) is 18.2 Å². The van der Waals surface area contributed by atoms with E-state index in [1.54, 1.807) is 37.4 Å². The fraction of sp³-hybridized carbons (Fsp3) is 0.0909. The molecule has 0 saturated heterocycles. The Hall–Kier alpha value is -4.40. The summed E-state index contributed by atoms with van der Waals surface area (Å²) in [5, 5.41) is 8.85. The molecular formula is C22H16N2O7. The average Bonchev–Trinajstić information content (AvgIpc) is 2.77. The molecule has 0 aliphatic rings. The summed E-state index contributed by atoms with van der Waals surface area (Å²) in [6, 6.07) is 15.8. The van der Waals surface area contributed by atoms with Gasteiger partial charge in [0.15, 0.2) is 11.1 Å². The number of aromatic nitrogens is 2. The number of pyridine rings is 1. The highest BCUT2D eigenvalue weighted by Crippen LogP contribution is 2.28. The van der Waals surface area contributed by atoms with Gasteiger partial charge in [0.2, 0.25) is 0 Å². The molecule has 0 saturated carbocycles. The molecule has 1 N–H and O–H groups in total. The van der Waals surface area contributed by atoms with Crippen LogP contribution < -0.4 is 20.8 Å². The highest BCUT2D eigenvalue weighted by molar-refractivity contribution is 5.78. The van der Waals surface area contributed by atoms with E-state index in [0.29, 0.717) is 27.4 Å². The maximum absolute atomic E-state index is 12.3. The maximum atomic E-state index is 12.3. The molecule has 9 nitrogen and oxygen atoms in total. The van der Waals surface area contributed by atoms with E-state index in [1.165, 1.54) is 12.3 Å². The lowest BCUT2D eigenvalue weighted by atomic mass is 10.1. The number of aliphatic carboxylic acids is 1. The number of carboxylic acids is 1. The maximum Gasteiger partial charge on any atom is 0.422 e. The Morgan fingerprint density at radius 2 is 1.77 bits per heavy atom. The smallest absolute Gasteiger partial charge is 0.422 e. The molecule has 2 heterocycles. The number of fused-ring (bicyclic) bond motifs is 1. The molecule has 0 unspecified atom stereocenters. The van der Waals surface area contributed by atoms with Crippen LogP contribution in [-0.2, 0) is 11.3 Å². The van der Waals surface area contributed by atoms with E-state index in [9.17, 15) is 14.4 Å². The molecule has 0 bridgehead atoms. The van der Waals surface area contributed by atoms with E-state index in [4.69, 9.17) is 19.0 Å². The number of ether oxygens (including phenoxy) is 2. The predicted molar refractivity (Wildman–Crippen MR) is 111 cm³/mol. The van der Waals surface area contributed by atoms with Crippen LogP contribution in [0.15, 0.2) is 74.8 Å². The van der Waals surface area contributed by atoms with Crippen LogP contribution in [0.4, 0.5) is 0 Å². The molecule has 156 valence electrons. The van der Waals surface area contributed by atoms with Crippen molar-refractivity contribution in [1.29, 1.82) is 0 Å². The lowest BCUT2D eigenvalue weighted by molar-refractivity contribution is -0.137. The van der Waals surface area contributed by atoms with Gasteiger partial charge in [-0.2, -0.15) is 0 Å². The first-order chi connectivity index (χ1) is 14.9. The summed E-state index contributed by atoms with van der Waals surface area (Å²) in [6.07, 6.45) is 1.45. The number of carboxylic acid groups (broad SMARTS) is 1. The predicted octanol–water partition coefficient (Wildman–Crippen LogP) is 2.90. The molecule has 0 aliphatic heterocycles. The standard InChI is InChI=1S/C22H16N2O7/c1-29-16-3-2-4-17(10-16)30-15-7-5-13(6-8-15)14-9-18-20(23-11-14)21(27)24(12-19(25)26)22(28)31-18/h2-11H,12H2,1H3,(H,25,26). The number of benzene rings is 2. The SMILES string of the molecule is COc1cccc(Oc2ccc(-c3cnc4c(=O)n(CC(=O)O)c(=O)oc4c3)cc2)c1. The summed E-state index contributed by atoms with van der Waals surface area (Å²) < 4.78 is 16.6. The monoisotopic (exact) mass is 420 g/mol. The molecule has 4 rings (SSSR count). The lowest BCUT2D eigenvalue weighted by Crippen LogP contribution is -2.35. The number of rotatable bonds is 6. The molecule has 0 spiro atoms. The minimum Gasteiger partial charge on any atom is -0.497 e. The third-order valence-electron chi connectivity index (χ3n) is 4.48. The van der Waals surface area contributed by atoms with Crippen LogP contribution in [0.5, 0.6) is 17.2 Å². The molecule has 9 heteroatoms. The number of hydrogen-bond acceptors (Lipinski definition) is 7. The van der Waals surface area contributed by atoms with E-state index >= 15 is 0 Å². The van der Waals surface area contributed by atoms with Crippen LogP contribution in [0.25, 0.3) is 22.2 Å². The first-order valence-electron chi connectivity index (χ1n) is 9.12. The van der Waals surface area contributed by atoms with E-state index in [-0.39, 0.29) is 11.1 Å². The van der Waals surface area contributed by atoms with Gasteiger partial charge in [0.25, 0.3) is 5.56 Å². The van der Waals surface area contributed by atoms with Gasteiger partial charge in [-0.05, 0) is 35.9 Å². The highest BCUT2D eigenvalue weighted by Gasteiger charge is 2.14. The second-order valence-electron chi connectivity index (χ2n) is 6.53. The van der Waals surface area contributed by atoms with Gasteiger partial charge < -0.3 is 19.0 Å². The molecule has 4 aromatic rings. The van der Waals surface area contributed by atoms with Crippen molar-refractivity contribution in [3.8, 4) is 28.4 Å². The number of carbonyl (C=O) groups is 1. The fourth-order valence-electron chi connectivity index (χ4n) is 2.99. The molecule has 0 aliphatic carbocycles. The molecule has 2 aromatic heterocycles. The number of methoxy groups -OCH3 is 1. The van der Waals surface area contributed by atoms with Crippen molar-refractivity contribution in [3.05, 3.63) is 81.7 Å². The van der Waals surface area contributed by atoms with Gasteiger partial charge >= 0.3 is 11.7 Å². The van der Waals surface area contributed by atoms with Crippen LogP contribution in [0.1, 0.15) is 0 Å². The molecule has 0 atom stereocenters. The van der Waals surface area contributed by atoms with Crippen LogP contribution in [0.2, 0.25) is 0 Å². The first kappa shape index (κ1) is 19.9. The van der Waals surface area contributed by atoms with Crippen molar-refractivity contribution in [2.24, 2.45) is 0 Å². The topological polar surface area (TPSA) is 121 Å². The minimum absolute atomic E-state index is 0.0224. The second kappa shape index (κ2) is 8.15. The molecule has 0 amide bonds. The van der Waals surface area contributed by atoms with Crippen molar-refractivity contribution in [1.82, 2.24) is 9.55 Å². The van der Waals surface area contributed by atoms with Gasteiger partial charge in [0.05, 0.1) is 7.11 Å². The first-order valence-corrected chi connectivity index (χ1v) is 9.12. The van der Waals surface area contributed by atoms with Crippen LogP contribution in [0.3, 0.4) is 0 Å². The quantitative estimate of drug-likeness (QED) is 0.505.